The Bertz CT molecular complexity index is 1070. The van der Waals surface area contributed by atoms with Gasteiger partial charge >= 0.3 is 0 Å². The van der Waals surface area contributed by atoms with Crippen LogP contribution in [0.15, 0.2) is 79.1 Å². The van der Waals surface area contributed by atoms with Crippen LogP contribution in [0.3, 0.4) is 0 Å². The van der Waals surface area contributed by atoms with Crippen molar-refractivity contribution in [1.29, 1.82) is 0 Å². The summed E-state index contributed by atoms with van der Waals surface area (Å²) >= 11 is 0. The molecule has 0 fully saturated rings. The topological polar surface area (TPSA) is 72.7 Å². The van der Waals surface area contributed by atoms with E-state index in [0.717, 1.165) is 22.4 Å². The van der Waals surface area contributed by atoms with E-state index < -0.39 is 0 Å². The number of aryl methyl sites for hydroxylation is 1. The summed E-state index contributed by atoms with van der Waals surface area (Å²) in [6.45, 7) is 2.51. The second kappa shape index (κ2) is 7.84. The number of aromatic nitrogens is 4. The third-order valence-corrected chi connectivity index (χ3v) is 4.47. The highest BCUT2D eigenvalue weighted by Crippen LogP contribution is 2.24. The second-order valence-electron chi connectivity index (χ2n) is 6.56. The molecule has 1 amide bonds. The van der Waals surface area contributed by atoms with Gasteiger partial charge < -0.3 is 5.32 Å². The third kappa shape index (κ3) is 3.96. The third-order valence-electron chi connectivity index (χ3n) is 4.47. The fourth-order valence-electron chi connectivity index (χ4n) is 2.95. The lowest BCUT2D eigenvalue weighted by molar-refractivity contribution is 0.0951. The maximum atomic E-state index is 12.8. The van der Waals surface area contributed by atoms with Crippen LogP contribution < -0.4 is 5.32 Å². The van der Waals surface area contributed by atoms with Gasteiger partial charge in [0.2, 0.25) is 0 Å². The van der Waals surface area contributed by atoms with Crippen molar-refractivity contribution in [1.82, 2.24) is 25.5 Å². The first-order valence-corrected chi connectivity index (χ1v) is 8.97. The van der Waals surface area contributed by atoms with Crippen molar-refractivity contribution in [2.24, 2.45) is 0 Å². The minimum atomic E-state index is -0.146. The molecule has 0 spiro atoms. The standard InChI is InChI=1S/C22H19N5O/c1-16-7-9-18(10-8-16)19-11-20(13-21(12-19)27-15-24-25-26-27)22(28)23-14-17-5-3-2-4-6-17/h2-13,15H,14H2,1H3,(H,23,28). The molecule has 0 aliphatic heterocycles. The molecule has 4 rings (SSSR count). The molecule has 6 nitrogen and oxygen atoms in total. The van der Waals surface area contributed by atoms with Gasteiger partial charge in [-0.25, -0.2) is 4.68 Å². The summed E-state index contributed by atoms with van der Waals surface area (Å²) in [6, 6.07) is 23.6. The fraction of sp³-hybridized carbons (Fsp3) is 0.0909. The van der Waals surface area contributed by atoms with E-state index in [-0.39, 0.29) is 5.91 Å². The van der Waals surface area contributed by atoms with Gasteiger partial charge in [-0.15, -0.1) is 5.10 Å². The molecular weight excluding hydrogens is 350 g/mol. The predicted molar refractivity (Wildman–Crippen MR) is 107 cm³/mol. The van der Waals surface area contributed by atoms with Gasteiger partial charge in [0.05, 0.1) is 5.69 Å². The van der Waals surface area contributed by atoms with Crippen LogP contribution in [0.5, 0.6) is 0 Å². The summed E-state index contributed by atoms with van der Waals surface area (Å²) in [7, 11) is 0. The number of nitrogens with one attached hydrogen (secondary N) is 1. The molecule has 6 heteroatoms. The average Bonchev–Trinajstić information content (AvgIpc) is 3.28. The van der Waals surface area contributed by atoms with Gasteiger partial charge in [-0.05, 0) is 52.2 Å². The minimum Gasteiger partial charge on any atom is -0.348 e. The number of rotatable bonds is 5. The number of carbonyl (C=O) groups is 1. The Morgan fingerprint density at radius 1 is 0.964 bits per heavy atom. The van der Waals surface area contributed by atoms with E-state index in [2.05, 4.69) is 20.8 Å². The van der Waals surface area contributed by atoms with Gasteiger partial charge in [0.15, 0.2) is 0 Å². The molecule has 0 aliphatic rings. The van der Waals surface area contributed by atoms with Crippen LogP contribution in [0, 0.1) is 6.92 Å². The lowest BCUT2D eigenvalue weighted by atomic mass is 10.0. The van der Waals surface area contributed by atoms with Gasteiger partial charge in [-0.3, -0.25) is 4.79 Å². The largest absolute Gasteiger partial charge is 0.348 e. The van der Waals surface area contributed by atoms with E-state index in [1.54, 1.807) is 10.7 Å². The van der Waals surface area contributed by atoms with Gasteiger partial charge in [-0.1, -0.05) is 60.2 Å². The van der Waals surface area contributed by atoms with Crippen molar-refractivity contribution in [3.05, 3.63) is 95.8 Å². The molecule has 0 atom stereocenters. The molecule has 1 N–H and O–H groups in total. The van der Waals surface area contributed by atoms with E-state index >= 15 is 0 Å². The summed E-state index contributed by atoms with van der Waals surface area (Å²) in [5.74, 6) is -0.146. The number of carbonyl (C=O) groups excluding carboxylic acids is 1. The van der Waals surface area contributed by atoms with Crippen LogP contribution in [-0.4, -0.2) is 26.1 Å². The van der Waals surface area contributed by atoms with Crippen molar-refractivity contribution in [2.45, 2.75) is 13.5 Å². The first kappa shape index (κ1) is 17.6. The molecule has 28 heavy (non-hydrogen) atoms. The molecule has 0 radical (unpaired) electrons. The lowest BCUT2D eigenvalue weighted by Crippen LogP contribution is -2.23. The molecule has 0 aliphatic carbocycles. The predicted octanol–water partition coefficient (Wildman–Crippen LogP) is 3.57. The second-order valence-corrected chi connectivity index (χ2v) is 6.56. The van der Waals surface area contributed by atoms with E-state index in [9.17, 15) is 4.79 Å². The van der Waals surface area contributed by atoms with Crippen molar-refractivity contribution in [3.8, 4) is 16.8 Å². The summed E-state index contributed by atoms with van der Waals surface area (Å²) in [5, 5.41) is 14.3. The summed E-state index contributed by atoms with van der Waals surface area (Å²) < 4.78 is 1.55. The van der Waals surface area contributed by atoms with Crippen molar-refractivity contribution >= 4 is 5.91 Å². The Kier molecular flexibility index (Phi) is 4.93. The van der Waals surface area contributed by atoms with Gasteiger partial charge in [0.25, 0.3) is 5.91 Å². The van der Waals surface area contributed by atoms with E-state index in [4.69, 9.17) is 0 Å². The normalized spacial score (nSPS) is 10.6. The number of nitrogens with zero attached hydrogens (tertiary/aromatic N) is 4. The molecular formula is C22H19N5O. The average molecular weight is 369 g/mol. The Balaban J connectivity index is 1.67. The fourth-order valence-corrected chi connectivity index (χ4v) is 2.95. The first-order valence-electron chi connectivity index (χ1n) is 8.97. The highest BCUT2D eigenvalue weighted by molar-refractivity contribution is 5.96. The zero-order valence-electron chi connectivity index (χ0n) is 15.4. The lowest BCUT2D eigenvalue weighted by Gasteiger charge is -2.11. The number of hydrogen-bond donors (Lipinski definition) is 1. The van der Waals surface area contributed by atoms with Crippen molar-refractivity contribution in [3.63, 3.8) is 0 Å². The van der Waals surface area contributed by atoms with E-state index in [0.29, 0.717) is 12.1 Å². The molecule has 0 saturated carbocycles. The maximum absolute atomic E-state index is 12.8. The maximum Gasteiger partial charge on any atom is 0.251 e. The minimum absolute atomic E-state index is 0.146. The molecule has 0 unspecified atom stereocenters. The summed E-state index contributed by atoms with van der Waals surface area (Å²) in [6.07, 6.45) is 1.51. The van der Waals surface area contributed by atoms with Gasteiger partial charge in [-0.2, -0.15) is 0 Å². The van der Waals surface area contributed by atoms with Crippen LogP contribution in [0.2, 0.25) is 0 Å². The number of tetrazole rings is 1. The van der Waals surface area contributed by atoms with Crippen LogP contribution in [0.25, 0.3) is 16.8 Å². The molecule has 0 bridgehead atoms. The zero-order chi connectivity index (χ0) is 19.3. The molecule has 1 aromatic heterocycles. The molecule has 3 aromatic carbocycles. The monoisotopic (exact) mass is 369 g/mol. The molecule has 0 saturated heterocycles. The Labute approximate surface area is 162 Å². The zero-order valence-corrected chi connectivity index (χ0v) is 15.4. The quantitative estimate of drug-likeness (QED) is 0.584. The molecule has 4 aromatic rings. The summed E-state index contributed by atoms with van der Waals surface area (Å²) in [5.41, 5.74) is 5.47. The van der Waals surface area contributed by atoms with Crippen molar-refractivity contribution in [2.75, 3.05) is 0 Å². The Morgan fingerprint density at radius 3 is 2.46 bits per heavy atom. The number of hydrogen-bond acceptors (Lipinski definition) is 4. The summed E-state index contributed by atoms with van der Waals surface area (Å²) in [4.78, 5) is 12.8. The van der Waals surface area contributed by atoms with E-state index in [1.807, 2.05) is 73.7 Å². The molecule has 1 heterocycles. The van der Waals surface area contributed by atoms with Gasteiger partial charge in [0, 0.05) is 12.1 Å². The SMILES string of the molecule is Cc1ccc(-c2cc(C(=O)NCc3ccccc3)cc(-n3cnnn3)c2)cc1. The van der Waals surface area contributed by atoms with E-state index in [1.165, 1.54) is 11.9 Å². The van der Waals surface area contributed by atoms with Crippen molar-refractivity contribution < 1.29 is 4.79 Å². The van der Waals surface area contributed by atoms with Crippen LogP contribution >= 0.6 is 0 Å². The van der Waals surface area contributed by atoms with Crippen LogP contribution in [0.4, 0.5) is 0 Å². The highest BCUT2D eigenvalue weighted by atomic mass is 16.1. The van der Waals surface area contributed by atoms with Crippen LogP contribution in [-0.2, 0) is 6.54 Å². The first-order chi connectivity index (χ1) is 13.7. The molecule has 138 valence electrons. The van der Waals surface area contributed by atoms with Crippen LogP contribution in [0.1, 0.15) is 21.5 Å². The highest BCUT2D eigenvalue weighted by Gasteiger charge is 2.12. The number of benzene rings is 3. The van der Waals surface area contributed by atoms with Gasteiger partial charge in [0.1, 0.15) is 6.33 Å². The Morgan fingerprint density at radius 2 is 1.75 bits per heavy atom. The Hall–Kier alpha value is -3.80. The smallest absolute Gasteiger partial charge is 0.251 e. The number of amides is 1.